The van der Waals surface area contributed by atoms with Crippen LogP contribution in [0, 0.1) is 16.7 Å². The molecule has 9 heteroatoms. The number of alkyl halides is 3. The SMILES string of the molecule is N#Cc1cc(C(=O)N[C@@H]2C[C@@H](O)C23CCOCC3)cnc1C(F)(F)F. The molecule has 1 spiro atoms. The van der Waals surface area contributed by atoms with E-state index in [9.17, 15) is 23.1 Å². The van der Waals surface area contributed by atoms with E-state index in [4.69, 9.17) is 10.00 Å². The monoisotopic (exact) mass is 355 g/mol. The fourth-order valence-corrected chi connectivity index (χ4v) is 3.54. The lowest BCUT2D eigenvalue weighted by Gasteiger charge is -2.55. The van der Waals surface area contributed by atoms with Crippen molar-refractivity contribution in [2.45, 2.75) is 37.6 Å². The van der Waals surface area contributed by atoms with Crippen LogP contribution < -0.4 is 5.32 Å². The highest BCUT2D eigenvalue weighted by molar-refractivity contribution is 5.94. The largest absolute Gasteiger partial charge is 0.434 e. The van der Waals surface area contributed by atoms with E-state index in [2.05, 4.69) is 10.3 Å². The number of aromatic nitrogens is 1. The Labute approximate surface area is 141 Å². The van der Waals surface area contributed by atoms with Crippen molar-refractivity contribution in [3.05, 3.63) is 29.1 Å². The van der Waals surface area contributed by atoms with Crippen molar-refractivity contribution in [3.63, 3.8) is 0 Å². The highest BCUT2D eigenvalue weighted by Crippen LogP contribution is 2.49. The number of aliphatic hydroxyl groups excluding tert-OH is 1. The van der Waals surface area contributed by atoms with Gasteiger partial charge >= 0.3 is 6.18 Å². The van der Waals surface area contributed by atoms with Gasteiger partial charge in [-0.15, -0.1) is 0 Å². The number of halogens is 3. The molecule has 2 aliphatic rings. The molecule has 1 aromatic heterocycles. The highest BCUT2D eigenvalue weighted by atomic mass is 19.4. The van der Waals surface area contributed by atoms with E-state index in [1.807, 2.05) is 0 Å². The van der Waals surface area contributed by atoms with Gasteiger partial charge in [0.15, 0.2) is 5.69 Å². The zero-order valence-corrected chi connectivity index (χ0v) is 13.1. The molecule has 0 unspecified atom stereocenters. The second kappa shape index (κ2) is 6.28. The van der Waals surface area contributed by atoms with Gasteiger partial charge in [0.2, 0.25) is 0 Å². The Kier molecular flexibility index (Phi) is 4.43. The van der Waals surface area contributed by atoms with E-state index in [1.54, 1.807) is 0 Å². The predicted molar refractivity (Wildman–Crippen MR) is 78.3 cm³/mol. The van der Waals surface area contributed by atoms with Gasteiger partial charge in [-0.2, -0.15) is 18.4 Å². The Morgan fingerprint density at radius 1 is 1.44 bits per heavy atom. The molecule has 1 saturated heterocycles. The number of rotatable bonds is 2. The molecule has 6 nitrogen and oxygen atoms in total. The molecule has 134 valence electrons. The van der Waals surface area contributed by atoms with Crippen LogP contribution in [-0.2, 0) is 10.9 Å². The number of hydrogen-bond acceptors (Lipinski definition) is 5. The summed E-state index contributed by atoms with van der Waals surface area (Å²) in [7, 11) is 0. The molecule has 0 radical (unpaired) electrons. The molecule has 2 atom stereocenters. The maximum atomic E-state index is 12.8. The van der Waals surface area contributed by atoms with E-state index in [0.29, 0.717) is 32.5 Å². The van der Waals surface area contributed by atoms with Crippen LogP contribution in [0.5, 0.6) is 0 Å². The van der Waals surface area contributed by atoms with Crippen LogP contribution in [0.15, 0.2) is 12.3 Å². The topological polar surface area (TPSA) is 95.2 Å². The van der Waals surface area contributed by atoms with Crippen molar-refractivity contribution in [1.82, 2.24) is 10.3 Å². The number of carbonyl (C=O) groups is 1. The Morgan fingerprint density at radius 2 is 2.12 bits per heavy atom. The second-order valence-corrected chi connectivity index (χ2v) is 6.35. The summed E-state index contributed by atoms with van der Waals surface area (Å²) in [5.41, 5.74) is -2.58. The number of hydrogen-bond donors (Lipinski definition) is 2. The average molecular weight is 355 g/mol. The molecule has 0 aromatic carbocycles. The van der Waals surface area contributed by atoms with E-state index in [-0.39, 0.29) is 11.6 Å². The van der Waals surface area contributed by atoms with Gasteiger partial charge in [-0.25, -0.2) is 4.98 Å². The van der Waals surface area contributed by atoms with Crippen molar-refractivity contribution in [3.8, 4) is 6.07 Å². The third-order valence-corrected chi connectivity index (χ3v) is 5.08. The van der Waals surface area contributed by atoms with Crippen molar-refractivity contribution in [2.24, 2.45) is 5.41 Å². The number of nitrogens with one attached hydrogen (secondary N) is 1. The fourth-order valence-electron chi connectivity index (χ4n) is 3.54. The summed E-state index contributed by atoms with van der Waals surface area (Å²) in [6.45, 7) is 0.980. The van der Waals surface area contributed by atoms with Crippen LogP contribution in [-0.4, -0.2) is 41.4 Å². The van der Waals surface area contributed by atoms with E-state index in [1.165, 1.54) is 6.07 Å². The van der Waals surface area contributed by atoms with Gasteiger partial charge in [0.05, 0.1) is 17.2 Å². The van der Waals surface area contributed by atoms with Crippen LogP contribution >= 0.6 is 0 Å². The van der Waals surface area contributed by atoms with Gasteiger partial charge in [-0.05, 0) is 25.3 Å². The minimum absolute atomic E-state index is 0.117. The van der Waals surface area contributed by atoms with Gasteiger partial charge in [-0.3, -0.25) is 4.79 Å². The van der Waals surface area contributed by atoms with Crippen molar-refractivity contribution in [2.75, 3.05) is 13.2 Å². The zero-order chi connectivity index (χ0) is 18.2. The van der Waals surface area contributed by atoms with Gasteiger partial charge < -0.3 is 15.2 Å². The molecular weight excluding hydrogens is 339 g/mol. The smallest absolute Gasteiger partial charge is 0.392 e. The molecule has 1 saturated carbocycles. The summed E-state index contributed by atoms with van der Waals surface area (Å²) >= 11 is 0. The van der Waals surface area contributed by atoms with Crippen molar-refractivity contribution in [1.29, 1.82) is 5.26 Å². The fraction of sp³-hybridized carbons (Fsp3) is 0.562. The summed E-state index contributed by atoms with van der Waals surface area (Å²) in [5.74, 6) is -0.611. The summed E-state index contributed by atoms with van der Waals surface area (Å²) in [4.78, 5) is 15.6. The minimum Gasteiger partial charge on any atom is -0.392 e. The normalized spacial score (nSPS) is 25.1. The maximum absolute atomic E-state index is 12.8. The Balaban J connectivity index is 1.77. The van der Waals surface area contributed by atoms with Crippen molar-refractivity contribution >= 4 is 5.91 Å². The molecule has 2 heterocycles. The average Bonchev–Trinajstić information content (AvgIpc) is 2.60. The standard InChI is InChI=1S/C16H16F3N3O3/c17-16(18,19)13-9(7-20)5-10(8-21-13)14(24)22-11-6-12(23)15(11)1-3-25-4-2-15/h5,8,11-12,23H,1-4,6H2,(H,22,24)/t11-,12-/m1/s1. The van der Waals surface area contributed by atoms with Crippen molar-refractivity contribution < 1.29 is 27.8 Å². The molecule has 25 heavy (non-hydrogen) atoms. The first kappa shape index (κ1) is 17.6. The maximum Gasteiger partial charge on any atom is 0.434 e. The molecular formula is C16H16F3N3O3. The molecule has 1 aliphatic heterocycles. The van der Waals surface area contributed by atoms with Crippen LogP contribution in [0.1, 0.15) is 40.9 Å². The molecule has 0 bridgehead atoms. The summed E-state index contributed by atoms with van der Waals surface area (Å²) in [6.07, 6.45) is -2.90. The Bertz CT molecular complexity index is 724. The highest BCUT2D eigenvalue weighted by Gasteiger charge is 2.55. The lowest BCUT2D eigenvalue weighted by Crippen LogP contribution is -2.65. The minimum atomic E-state index is -4.76. The predicted octanol–water partition coefficient (Wildman–Crippen LogP) is 1.63. The van der Waals surface area contributed by atoms with Crippen LogP contribution in [0.2, 0.25) is 0 Å². The van der Waals surface area contributed by atoms with Crippen LogP contribution in [0.4, 0.5) is 13.2 Å². The number of pyridine rings is 1. The van der Waals surface area contributed by atoms with Gasteiger partial charge in [0.1, 0.15) is 6.07 Å². The van der Waals surface area contributed by atoms with E-state index in [0.717, 1.165) is 12.3 Å². The number of carbonyl (C=O) groups excluding carboxylic acids is 1. The number of aliphatic hydroxyl groups is 1. The summed E-state index contributed by atoms with van der Waals surface area (Å²) in [6, 6.07) is 2.02. The number of amides is 1. The molecule has 1 aliphatic carbocycles. The van der Waals surface area contributed by atoms with E-state index < -0.39 is 34.9 Å². The molecule has 3 rings (SSSR count). The number of ether oxygens (including phenoxy) is 1. The number of nitriles is 1. The first-order valence-corrected chi connectivity index (χ1v) is 7.82. The van der Waals surface area contributed by atoms with E-state index >= 15 is 0 Å². The first-order chi connectivity index (χ1) is 11.8. The van der Waals surface area contributed by atoms with Gasteiger partial charge in [0, 0.05) is 30.9 Å². The summed E-state index contributed by atoms with van der Waals surface area (Å²) < 4.78 is 43.6. The zero-order valence-electron chi connectivity index (χ0n) is 13.1. The molecule has 2 N–H and O–H groups in total. The van der Waals surface area contributed by atoms with Gasteiger partial charge in [-0.1, -0.05) is 0 Å². The summed E-state index contributed by atoms with van der Waals surface area (Å²) in [5, 5.41) is 21.7. The third kappa shape index (κ3) is 3.07. The molecule has 2 fully saturated rings. The third-order valence-electron chi connectivity index (χ3n) is 5.08. The van der Waals surface area contributed by atoms with Crippen LogP contribution in [0.3, 0.4) is 0 Å². The lowest BCUT2D eigenvalue weighted by atomic mass is 9.58. The quantitative estimate of drug-likeness (QED) is 0.841. The van der Waals surface area contributed by atoms with Crippen LogP contribution in [0.25, 0.3) is 0 Å². The second-order valence-electron chi connectivity index (χ2n) is 6.35. The van der Waals surface area contributed by atoms with Gasteiger partial charge in [0.25, 0.3) is 5.91 Å². The first-order valence-electron chi connectivity index (χ1n) is 7.82. The Hall–Kier alpha value is -2.18. The molecule has 1 amide bonds. The number of nitrogens with zero attached hydrogens (tertiary/aromatic N) is 2. The Morgan fingerprint density at radius 3 is 2.68 bits per heavy atom. The lowest BCUT2D eigenvalue weighted by molar-refractivity contribution is -0.145. The molecule has 1 aromatic rings.